The summed E-state index contributed by atoms with van der Waals surface area (Å²) < 4.78 is 0. The smallest absolute Gasteiger partial charge is 0.160 e. The maximum Gasteiger partial charge on any atom is 0.160 e. The third-order valence-electron chi connectivity index (χ3n) is 5.07. The Morgan fingerprint density at radius 1 is 1.00 bits per heavy atom. The maximum absolute atomic E-state index is 10.1. The standard InChI is InChI=1S/C22H19N5O/c28-20-5-1-3-15-6-7-18(25-21(15)20)14-27-10-8-19-17(13-27)12-24-22(26-19)16-4-2-9-23-11-16/h1-7,9,11-12,28H,8,10,13-14H2. The first-order valence-electron chi connectivity index (χ1n) is 9.31. The van der Waals surface area contributed by atoms with E-state index in [1.807, 2.05) is 42.6 Å². The molecule has 0 spiro atoms. The van der Waals surface area contributed by atoms with Gasteiger partial charge in [0, 0.05) is 61.2 Å². The van der Waals surface area contributed by atoms with Crippen molar-refractivity contribution in [2.24, 2.45) is 0 Å². The first-order valence-corrected chi connectivity index (χ1v) is 9.31. The molecule has 1 aliphatic heterocycles. The second-order valence-electron chi connectivity index (χ2n) is 7.02. The molecule has 28 heavy (non-hydrogen) atoms. The summed E-state index contributed by atoms with van der Waals surface area (Å²) in [5.41, 5.74) is 4.80. The van der Waals surface area contributed by atoms with E-state index in [1.54, 1.807) is 18.5 Å². The van der Waals surface area contributed by atoms with E-state index in [4.69, 9.17) is 4.98 Å². The number of fused-ring (bicyclic) bond motifs is 2. The molecule has 1 aromatic carbocycles. The summed E-state index contributed by atoms with van der Waals surface area (Å²) in [5.74, 6) is 0.951. The molecule has 6 heteroatoms. The van der Waals surface area contributed by atoms with Gasteiger partial charge in [-0.05, 0) is 24.3 Å². The van der Waals surface area contributed by atoms with E-state index in [1.165, 1.54) is 0 Å². The fraction of sp³-hybridized carbons (Fsp3) is 0.182. The van der Waals surface area contributed by atoms with Crippen molar-refractivity contribution in [1.29, 1.82) is 0 Å². The van der Waals surface area contributed by atoms with Crippen molar-refractivity contribution in [2.45, 2.75) is 19.5 Å². The molecule has 0 unspecified atom stereocenters. The molecule has 0 aliphatic carbocycles. The zero-order valence-electron chi connectivity index (χ0n) is 15.3. The molecule has 3 aromatic heterocycles. The number of hydrogen-bond donors (Lipinski definition) is 1. The number of phenolic OH excluding ortho intramolecular Hbond substituents is 1. The number of aromatic nitrogens is 4. The van der Waals surface area contributed by atoms with Crippen LogP contribution in [0.1, 0.15) is 17.0 Å². The molecular formula is C22H19N5O. The summed E-state index contributed by atoms with van der Waals surface area (Å²) in [6, 6.07) is 13.4. The van der Waals surface area contributed by atoms with E-state index >= 15 is 0 Å². The number of nitrogens with zero attached hydrogens (tertiary/aromatic N) is 5. The fourth-order valence-corrected chi connectivity index (χ4v) is 3.63. The molecule has 1 N–H and O–H groups in total. The molecule has 0 radical (unpaired) electrons. The van der Waals surface area contributed by atoms with Crippen LogP contribution in [0.2, 0.25) is 0 Å². The third-order valence-corrected chi connectivity index (χ3v) is 5.07. The molecule has 4 heterocycles. The van der Waals surface area contributed by atoms with Crippen LogP contribution in [-0.2, 0) is 19.5 Å². The summed E-state index contributed by atoms with van der Waals surface area (Å²) >= 11 is 0. The van der Waals surface area contributed by atoms with E-state index in [0.29, 0.717) is 5.52 Å². The monoisotopic (exact) mass is 369 g/mol. The van der Waals surface area contributed by atoms with Gasteiger partial charge in [-0.3, -0.25) is 9.88 Å². The number of aromatic hydroxyl groups is 1. The molecule has 0 amide bonds. The predicted octanol–water partition coefficient (Wildman–Crippen LogP) is 3.35. The Bertz CT molecular complexity index is 1150. The van der Waals surface area contributed by atoms with Crippen LogP contribution in [-0.4, -0.2) is 36.5 Å². The molecule has 6 nitrogen and oxygen atoms in total. The summed E-state index contributed by atoms with van der Waals surface area (Å²) in [6.07, 6.45) is 6.35. The Morgan fingerprint density at radius 2 is 1.96 bits per heavy atom. The van der Waals surface area contributed by atoms with Crippen LogP contribution in [0.5, 0.6) is 5.75 Å². The summed E-state index contributed by atoms with van der Waals surface area (Å²) in [5, 5.41) is 11.0. The van der Waals surface area contributed by atoms with Crippen molar-refractivity contribution in [3.8, 4) is 17.1 Å². The van der Waals surface area contributed by atoms with Crippen LogP contribution in [0.3, 0.4) is 0 Å². The van der Waals surface area contributed by atoms with Crippen molar-refractivity contribution >= 4 is 10.9 Å². The van der Waals surface area contributed by atoms with Crippen LogP contribution in [0, 0.1) is 0 Å². The summed E-state index contributed by atoms with van der Waals surface area (Å²) in [6.45, 7) is 2.44. The molecule has 0 saturated carbocycles. The SMILES string of the molecule is Oc1cccc2ccc(CN3CCc4nc(-c5cccnc5)ncc4C3)nc12. The molecule has 5 rings (SSSR count). The lowest BCUT2D eigenvalue weighted by molar-refractivity contribution is 0.240. The Balaban J connectivity index is 1.35. The average molecular weight is 369 g/mol. The van der Waals surface area contributed by atoms with E-state index < -0.39 is 0 Å². The predicted molar refractivity (Wildman–Crippen MR) is 106 cm³/mol. The zero-order chi connectivity index (χ0) is 18.9. The van der Waals surface area contributed by atoms with Crippen LogP contribution in [0.25, 0.3) is 22.3 Å². The van der Waals surface area contributed by atoms with Gasteiger partial charge >= 0.3 is 0 Å². The maximum atomic E-state index is 10.1. The van der Waals surface area contributed by atoms with Gasteiger partial charge in [0.05, 0.1) is 11.4 Å². The molecule has 4 aromatic rings. The van der Waals surface area contributed by atoms with Gasteiger partial charge in [-0.1, -0.05) is 18.2 Å². The second-order valence-corrected chi connectivity index (χ2v) is 7.02. The number of para-hydroxylation sites is 1. The van der Waals surface area contributed by atoms with Gasteiger partial charge in [0.15, 0.2) is 5.82 Å². The molecule has 1 aliphatic rings. The summed E-state index contributed by atoms with van der Waals surface area (Å²) in [4.78, 5) is 20.4. The topological polar surface area (TPSA) is 75.0 Å². The van der Waals surface area contributed by atoms with Crippen molar-refractivity contribution < 1.29 is 5.11 Å². The highest BCUT2D eigenvalue weighted by Crippen LogP contribution is 2.24. The molecule has 0 atom stereocenters. The van der Waals surface area contributed by atoms with E-state index in [0.717, 1.165) is 59.8 Å². The third kappa shape index (κ3) is 3.18. The van der Waals surface area contributed by atoms with Crippen molar-refractivity contribution in [3.63, 3.8) is 0 Å². The van der Waals surface area contributed by atoms with Crippen molar-refractivity contribution in [2.75, 3.05) is 6.54 Å². The first-order chi connectivity index (χ1) is 13.8. The van der Waals surface area contributed by atoms with Crippen LogP contribution in [0.4, 0.5) is 0 Å². The average Bonchev–Trinajstić information content (AvgIpc) is 2.75. The number of hydrogen-bond acceptors (Lipinski definition) is 6. The van der Waals surface area contributed by atoms with Gasteiger partial charge in [0.25, 0.3) is 0 Å². The van der Waals surface area contributed by atoms with E-state index in [2.05, 4.69) is 19.9 Å². The van der Waals surface area contributed by atoms with Gasteiger partial charge in [-0.2, -0.15) is 0 Å². The second kappa shape index (κ2) is 6.98. The lowest BCUT2D eigenvalue weighted by Crippen LogP contribution is -2.31. The largest absolute Gasteiger partial charge is 0.506 e. The minimum atomic E-state index is 0.222. The Morgan fingerprint density at radius 3 is 2.86 bits per heavy atom. The Kier molecular flexibility index (Phi) is 4.18. The number of rotatable bonds is 3. The molecule has 0 bridgehead atoms. The quantitative estimate of drug-likeness (QED) is 0.597. The minimum Gasteiger partial charge on any atom is -0.506 e. The fourth-order valence-electron chi connectivity index (χ4n) is 3.63. The number of benzene rings is 1. The summed E-state index contributed by atoms with van der Waals surface area (Å²) in [7, 11) is 0. The molecule has 0 saturated heterocycles. The Hall–Kier alpha value is -3.38. The Labute approximate surface area is 162 Å². The van der Waals surface area contributed by atoms with Gasteiger partial charge in [0.1, 0.15) is 11.3 Å². The molecule has 0 fully saturated rings. The van der Waals surface area contributed by atoms with Gasteiger partial charge in [-0.15, -0.1) is 0 Å². The highest BCUT2D eigenvalue weighted by atomic mass is 16.3. The van der Waals surface area contributed by atoms with Gasteiger partial charge in [-0.25, -0.2) is 15.0 Å². The van der Waals surface area contributed by atoms with Crippen LogP contribution < -0.4 is 0 Å². The first kappa shape index (κ1) is 16.8. The highest BCUT2D eigenvalue weighted by molar-refractivity contribution is 5.84. The zero-order valence-corrected chi connectivity index (χ0v) is 15.3. The molecular weight excluding hydrogens is 350 g/mol. The minimum absolute atomic E-state index is 0.222. The number of phenols is 1. The van der Waals surface area contributed by atoms with E-state index in [9.17, 15) is 5.11 Å². The number of pyridine rings is 2. The van der Waals surface area contributed by atoms with E-state index in [-0.39, 0.29) is 5.75 Å². The molecule has 138 valence electrons. The van der Waals surface area contributed by atoms with Gasteiger partial charge < -0.3 is 5.11 Å². The normalized spacial score (nSPS) is 14.1. The highest BCUT2D eigenvalue weighted by Gasteiger charge is 2.19. The van der Waals surface area contributed by atoms with Crippen LogP contribution >= 0.6 is 0 Å². The van der Waals surface area contributed by atoms with Crippen molar-refractivity contribution in [3.05, 3.63) is 78.0 Å². The van der Waals surface area contributed by atoms with Crippen LogP contribution in [0.15, 0.2) is 61.1 Å². The van der Waals surface area contributed by atoms with Gasteiger partial charge in [0.2, 0.25) is 0 Å². The van der Waals surface area contributed by atoms with Crippen molar-refractivity contribution in [1.82, 2.24) is 24.8 Å². The lowest BCUT2D eigenvalue weighted by Gasteiger charge is -2.27. The lowest BCUT2D eigenvalue weighted by atomic mass is 10.1.